The van der Waals surface area contributed by atoms with Gasteiger partial charge in [-0.2, -0.15) is 0 Å². The van der Waals surface area contributed by atoms with E-state index in [0.29, 0.717) is 17.2 Å². The number of carbonyl (C=O) groups excluding carboxylic acids is 1. The summed E-state index contributed by atoms with van der Waals surface area (Å²) in [5.41, 5.74) is 0.632. The van der Waals surface area contributed by atoms with Crippen molar-refractivity contribution in [2.75, 3.05) is 0 Å². The van der Waals surface area contributed by atoms with Gasteiger partial charge in [-0.25, -0.2) is 0 Å². The number of benzene rings is 1. The van der Waals surface area contributed by atoms with Crippen LogP contribution in [0.25, 0.3) is 0 Å². The van der Waals surface area contributed by atoms with Crippen molar-refractivity contribution in [3.63, 3.8) is 0 Å². The molecule has 20 heavy (non-hydrogen) atoms. The molecule has 0 saturated heterocycles. The quantitative estimate of drug-likeness (QED) is 0.727. The van der Waals surface area contributed by atoms with Crippen molar-refractivity contribution in [2.45, 2.75) is 64.1 Å². The summed E-state index contributed by atoms with van der Waals surface area (Å²) in [5.74, 6) is 1.16. The van der Waals surface area contributed by atoms with Gasteiger partial charge in [0.05, 0.1) is 8.07 Å². The summed E-state index contributed by atoms with van der Waals surface area (Å²) in [7, 11) is -1.52. The highest BCUT2D eigenvalue weighted by atomic mass is 28.3. The minimum absolute atomic E-state index is 0.513. The van der Waals surface area contributed by atoms with Crippen LogP contribution in [-0.4, -0.2) is 13.9 Å². The monoisotopic (exact) mass is 288 g/mol. The second kappa shape index (κ2) is 6.71. The summed E-state index contributed by atoms with van der Waals surface area (Å²) in [5, 5.41) is 1.51. The van der Waals surface area contributed by atoms with Crippen molar-refractivity contribution in [1.29, 1.82) is 0 Å². The van der Waals surface area contributed by atoms with Gasteiger partial charge in [-0.05, 0) is 17.9 Å². The highest BCUT2D eigenvalue weighted by Crippen LogP contribution is 2.39. The molecule has 2 rings (SSSR count). The smallest absolute Gasteiger partial charge is 0.133 e. The molecule has 1 saturated carbocycles. The first-order valence-corrected chi connectivity index (χ1v) is 11.2. The molecule has 0 aliphatic heterocycles. The zero-order chi connectivity index (χ0) is 14.6. The van der Waals surface area contributed by atoms with Gasteiger partial charge in [0.2, 0.25) is 0 Å². The van der Waals surface area contributed by atoms with Crippen molar-refractivity contribution in [1.82, 2.24) is 0 Å². The van der Waals surface area contributed by atoms with Crippen LogP contribution >= 0.6 is 0 Å². The molecule has 0 radical (unpaired) electrons. The summed E-state index contributed by atoms with van der Waals surface area (Å²) < 4.78 is 0. The number of hydrogen-bond acceptors (Lipinski definition) is 1. The molecule has 0 bridgehead atoms. The van der Waals surface area contributed by atoms with E-state index in [1.54, 1.807) is 0 Å². The summed E-state index contributed by atoms with van der Waals surface area (Å²) >= 11 is 0. The molecule has 0 N–H and O–H groups in total. The van der Waals surface area contributed by atoms with E-state index in [0.717, 1.165) is 12.8 Å². The standard InChI is InChI=1S/C18H28OSi/c1-4-5-9-15-12-16(19)14-18(13-15)20(2,3)17-10-7-6-8-11-17/h6-8,10-11,15,18H,4-5,9,12-14H2,1-3H3/t15-,18+/m0/s1. The van der Waals surface area contributed by atoms with E-state index in [-0.39, 0.29) is 0 Å². The lowest BCUT2D eigenvalue weighted by atomic mass is 9.84. The number of Topliss-reactive ketones (excluding diaryl/α,β-unsaturated/α-hetero) is 1. The van der Waals surface area contributed by atoms with Gasteiger partial charge in [0.15, 0.2) is 0 Å². The lowest BCUT2D eigenvalue weighted by Gasteiger charge is -2.38. The van der Waals surface area contributed by atoms with Crippen LogP contribution in [-0.2, 0) is 4.79 Å². The molecule has 1 aromatic carbocycles. The van der Waals surface area contributed by atoms with Crippen LogP contribution in [0.1, 0.15) is 45.4 Å². The molecule has 0 spiro atoms. The molecule has 1 aliphatic carbocycles. The van der Waals surface area contributed by atoms with Crippen LogP contribution in [0.4, 0.5) is 0 Å². The molecule has 0 unspecified atom stereocenters. The summed E-state index contributed by atoms with van der Waals surface area (Å²) in [6, 6.07) is 10.9. The molecule has 2 atom stereocenters. The van der Waals surface area contributed by atoms with Crippen LogP contribution in [0.3, 0.4) is 0 Å². The van der Waals surface area contributed by atoms with Gasteiger partial charge in [-0.15, -0.1) is 0 Å². The van der Waals surface area contributed by atoms with Crippen molar-refractivity contribution in [3.8, 4) is 0 Å². The molecule has 1 fully saturated rings. The summed E-state index contributed by atoms with van der Waals surface area (Å²) in [6.07, 6.45) is 6.72. The van der Waals surface area contributed by atoms with E-state index in [9.17, 15) is 4.79 Å². The zero-order valence-corrected chi connectivity index (χ0v) is 14.2. The second-order valence-electron chi connectivity index (χ2n) is 6.98. The lowest BCUT2D eigenvalue weighted by molar-refractivity contribution is -0.121. The first kappa shape index (κ1) is 15.5. The van der Waals surface area contributed by atoms with Crippen LogP contribution in [0.5, 0.6) is 0 Å². The van der Waals surface area contributed by atoms with E-state index in [2.05, 4.69) is 50.3 Å². The van der Waals surface area contributed by atoms with Gasteiger partial charge in [0, 0.05) is 12.8 Å². The number of ketones is 1. The topological polar surface area (TPSA) is 17.1 Å². The van der Waals surface area contributed by atoms with Crippen molar-refractivity contribution in [2.24, 2.45) is 5.92 Å². The van der Waals surface area contributed by atoms with Gasteiger partial charge in [0.1, 0.15) is 5.78 Å². The van der Waals surface area contributed by atoms with Crippen LogP contribution in [0.15, 0.2) is 30.3 Å². The maximum atomic E-state index is 12.1. The molecule has 1 aromatic rings. The van der Waals surface area contributed by atoms with E-state index in [4.69, 9.17) is 0 Å². The van der Waals surface area contributed by atoms with Gasteiger partial charge in [-0.1, -0.05) is 74.8 Å². The molecule has 1 aliphatic rings. The molecule has 2 heteroatoms. The van der Waals surface area contributed by atoms with Gasteiger partial charge in [-0.3, -0.25) is 4.79 Å². The van der Waals surface area contributed by atoms with Crippen molar-refractivity contribution < 1.29 is 4.79 Å². The van der Waals surface area contributed by atoms with E-state index in [1.165, 1.54) is 30.9 Å². The van der Waals surface area contributed by atoms with Gasteiger partial charge < -0.3 is 0 Å². The third-order valence-corrected chi connectivity index (χ3v) is 9.42. The fraction of sp³-hybridized carbons (Fsp3) is 0.611. The number of carbonyl (C=O) groups is 1. The molecular weight excluding hydrogens is 260 g/mol. The molecular formula is C18H28OSi. The van der Waals surface area contributed by atoms with E-state index < -0.39 is 8.07 Å². The first-order valence-electron chi connectivity index (χ1n) is 8.11. The van der Waals surface area contributed by atoms with Gasteiger partial charge >= 0.3 is 0 Å². The fourth-order valence-electron chi connectivity index (χ4n) is 3.62. The Balaban J connectivity index is 2.12. The van der Waals surface area contributed by atoms with Gasteiger partial charge in [0.25, 0.3) is 0 Å². The molecule has 110 valence electrons. The van der Waals surface area contributed by atoms with E-state index in [1.807, 2.05) is 0 Å². The number of rotatable bonds is 5. The predicted molar refractivity (Wildman–Crippen MR) is 89.2 cm³/mol. The fourth-order valence-corrected chi connectivity index (χ4v) is 6.80. The summed E-state index contributed by atoms with van der Waals surface area (Å²) in [6.45, 7) is 7.13. The molecule has 0 amide bonds. The normalized spacial score (nSPS) is 23.9. The zero-order valence-electron chi connectivity index (χ0n) is 13.2. The van der Waals surface area contributed by atoms with Crippen molar-refractivity contribution in [3.05, 3.63) is 30.3 Å². The SMILES string of the molecule is CCCC[C@H]1CC(=O)C[C@H]([Si](C)(C)c2ccccc2)C1. The predicted octanol–water partition coefficient (Wildman–Crippen LogP) is 4.53. The Kier molecular flexibility index (Phi) is 5.20. The highest BCUT2D eigenvalue weighted by Gasteiger charge is 2.39. The summed E-state index contributed by atoms with van der Waals surface area (Å²) in [4.78, 5) is 12.1. The Morgan fingerprint density at radius 1 is 1.15 bits per heavy atom. The number of hydrogen-bond donors (Lipinski definition) is 0. The van der Waals surface area contributed by atoms with Crippen LogP contribution in [0.2, 0.25) is 18.6 Å². The minimum atomic E-state index is -1.52. The molecule has 0 heterocycles. The van der Waals surface area contributed by atoms with Crippen LogP contribution < -0.4 is 5.19 Å². The first-order chi connectivity index (χ1) is 9.54. The third-order valence-electron chi connectivity index (χ3n) is 5.11. The Bertz CT molecular complexity index is 438. The second-order valence-corrected chi connectivity index (χ2v) is 11.8. The molecule has 1 nitrogen and oxygen atoms in total. The average molecular weight is 289 g/mol. The lowest BCUT2D eigenvalue weighted by Crippen LogP contribution is -2.48. The Morgan fingerprint density at radius 3 is 2.50 bits per heavy atom. The largest absolute Gasteiger partial charge is 0.300 e. The number of unbranched alkanes of at least 4 members (excludes halogenated alkanes) is 1. The maximum absolute atomic E-state index is 12.1. The van der Waals surface area contributed by atoms with E-state index >= 15 is 0 Å². The third kappa shape index (κ3) is 3.60. The minimum Gasteiger partial charge on any atom is -0.300 e. The molecule has 0 aromatic heterocycles. The highest BCUT2D eigenvalue weighted by molar-refractivity contribution is 6.91. The Labute approximate surface area is 124 Å². The van der Waals surface area contributed by atoms with Crippen LogP contribution in [0, 0.1) is 5.92 Å². The Morgan fingerprint density at radius 2 is 1.85 bits per heavy atom. The maximum Gasteiger partial charge on any atom is 0.133 e. The van der Waals surface area contributed by atoms with Crippen molar-refractivity contribution >= 4 is 19.0 Å². The Hall–Kier alpha value is -0.893. The average Bonchev–Trinajstić information content (AvgIpc) is 2.45.